The van der Waals surface area contributed by atoms with Gasteiger partial charge in [-0.05, 0) is 13.8 Å². The fourth-order valence-electron chi connectivity index (χ4n) is 1.82. The summed E-state index contributed by atoms with van der Waals surface area (Å²) in [5.41, 5.74) is 5.17. The van der Waals surface area contributed by atoms with E-state index in [-0.39, 0.29) is 10.3 Å². The highest BCUT2D eigenvalue weighted by molar-refractivity contribution is 8.01. The second kappa shape index (κ2) is 5.01. The van der Waals surface area contributed by atoms with Gasteiger partial charge in [0.15, 0.2) is 11.6 Å². The van der Waals surface area contributed by atoms with Crippen molar-refractivity contribution in [3.63, 3.8) is 0 Å². The van der Waals surface area contributed by atoms with Gasteiger partial charge < -0.3 is 5.73 Å². The van der Waals surface area contributed by atoms with Crippen molar-refractivity contribution in [2.75, 3.05) is 5.75 Å². The predicted octanol–water partition coefficient (Wildman–Crippen LogP) is 2.80. The quantitative estimate of drug-likeness (QED) is 0.672. The van der Waals surface area contributed by atoms with Crippen LogP contribution >= 0.6 is 11.8 Å². The molecule has 1 aromatic carbocycles. The summed E-state index contributed by atoms with van der Waals surface area (Å²) in [5, 5.41) is 10.7. The standard InChI is InChI=1S/C12H13F2N3O2S/c1-12(2)11(15)16-9(5-20-12)7-3-6(17(18)19)4-8(13)10(7)14/h3-4,9H,5H2,1-2H3,(H2,15,16). The molecule has 1 heterocycles. The zero-order valence-electron chi connectivity index (χ0n) is 10.9. The molecule has 2 N–H and O–H groups in total. The molecule has 2 rings (SSSR count). The van der Waals surface area contributed by atoms with Gasteiger partial charge >= 0.3 is 0 Å². The second-order valence-electron chi connectivity index (χ2n) is 4.94. The topological polar surface area (TPSA) is 81.5 Å². The molecular weight excluding hydrogens is 288 g/mol. The van der Waals surface area contributed by atoms with Crippen molar-refractivity contribution >= 4 is 23.3 Å². The molecule has 108 valence electrons. The van der Waals surface area contributed by atoms with Gasteiger partial charge in [0.2, 0.25) is 0 Å². The molecule has 0 bridgehead atoms. The third-order valence-corrected chi connectivity index (χ3v) is 4.54. The Hall–Kier alpha value is -1.70. The third kappa shape index (κ3) is 2.60. The zero-order valence-corrected chi connectivity index (χ0v) is 11.7. The van der Waals surface area contributed by atoms with E-state index in [2.05, 4.69) is 4.99 Å². The van der Waals surface area contributed by atoms with Crippen LogP contribution in [0.1, 0.15) is 25.5 Å². The number of benzene rings is 1. The largest absolute Gasteiger partial charge is 0.386 e. The van der Waals surface area contributed by atoms with Crippen LogP contribution in [0, 0.1) is 21.7 Å². The second-order valence-corrected chi connectivity index (χ2v) is 6.58. The molecule has 1 aromatic rings. The first kappa shape index (κ1) is 14.7. The molecule has 8 heteroatoms. The van der Waals surface area contributed by atoms with Crippen molar-refractivity contribution in [3.8, 4) is 0 Å². The Morgan fingerprint density at radius 3 is 2.70 bits per heavy atom. The summed E-state index contributed by atoms with van der Waals surface area (Å²) < 4.78 is 26.9. The number of nitrogens with zero attached hydrogens (tertiary/aromatic N) is 2. The number of halogens is 2. The van der Waals surface area contributed by atoms with Gasteiger partial charge in [0, 0.05) is 17.4 Å². The van der Waals surface area contributed by atoms with Crippen LogP contribution in [-0.4, -0.2) is 21.3 Å². The molecule has 1 atom stereocenters. The van der Waals surface area contributed by atoms with Crippen LogP contribution in [0.15, 0.2) is 17.1 Å². The summed E-state index contributed by atoms with van der Waals surface area (Å²) in [4.78, 5) is 14.1. The number of nitrogens with two attached hydrogens (primary N) is 1. The van der Waals surface area contributed by atoms with Crippen LogP contribution in [0.25, 0.3) is 0 Å². The highest BCUT2D eigenvalue weighted by Gasteiger charge is 2.33. The molecule has 5 nitrogen and oxygen atoms in total. The Bertz CT molecular complexity index is 605. The molecule has 0 radical (unpaired) electrons. The number of nitro groups is 1. The summed E-state index contributed by atoms with van der Waals surface area (Å²) in [6.07, 6.45) is 0. The van der Waals surface area contributed by atoms with Gasteiger partial charge in [0.25, 0.3) is 5.69 Å². The fraction of sp³-hybridized carbons (Fsp3) is 0.417. The fourth-order valence-corrected chi connectivity index (χ4v) is 2.85. The predicted molar refractivity (Wildman–Crippen MR) is 73.9 cm³/mol. The van der Waals surface area contributed by atoms with Crippen molar-refractivity contribution in [3.05, 3.63) is 39.4 Å². The monoisotopic (exact) mass is 301 g/mol. The van der Waals surface area contributed by atoms with Gasteiger partial charge in [-0.1, -0.05) is 0 Å². The number of hydrogen-bond acceptors (Lipinski definition) is 5. The molecule has 0 aliphatic carbocycles. The molecular formula is C12H13F2N3O2S. The summed E-state index contributed by atoms with van der Waals surface area (Å²) in [6.45, 7) is 3.74. The minimum Gasteiger partial charge on any atom is -0.386 e. The lowest BCUT2D eigenvalue weighted by molar-refractivity contribution is -0.385. The van der Waals surface area contributed by atoms with E-state index in [1.54, 1.807) is 0 Å². The molecule has 1 unspecified atom stereocenters. The molecule has 0 saturated carbocycles. The minimum absolute atomic E-state index is 0.136. The van der Waals surface area contributed by atoms with Gasteiger partial charge in [-0.15, -0.1) is 11.8 Å². The summed E-state index contributed by atoms with van der Waals surface area (Å²) >= 11 is 1.45. The van der Waals surface area contributed by atoms with E-state index < -0.39 is 28.3 Å². The van der Waals surface area contributed by atoms with Crippen LogP contribution in [0.3, 0.4) is 0 Å². The lowest BCUT2D eigenvalue weighted by Gasteiger charge is -2.31. The zero-order chi connectivity index (χ0) is 15.1. The number of amidine groups is 1. The van der Waals surface area contributed by atoms with Crippen molar-refractivity contribution in [2.45, 2.75) is 24.6 Å². The number of non-ortho nitro benzene ring substituents is 1. The Morgan fingerprint density at radius 1 is 1.50 bits per heavy atom. The molecule has 1 aliphatic heterocycles. The van der Waals surface area contributed by atoms with Crippen LogP contribution in [-0.2, 0) is 0 Å². The maximum Gasteiger partial charge on any atom is 0.272 e. The summed E-state index contributed by atoms with van der Waals surface area (Å²) in [6, 6.07) is 0.854. The van der Waals surface area contributed by atoms with Crippen LogP contribution in [0.4, 0.5) is 14.5 Å². The highest BCUT2D eigenvalue weighted by Crippen LogP contribution is 2.38. The van der Waals surface area contributed by atoms with Crippen LogP contribution in [0.2, 0.25) is 0 Å². The van der Waals surface area contributed by atoms with Crippen molar-refractivity contribution in [2.24, 2.45) is 10.7 Å². The first-order valence-corrected chi connectivity index (χ1v) is 6.82. The van der Waals surface area contributed by atoms with Gasteiger partial charge in [0.1, 0.15) is 5.84 Å². The Kier molecular flexibility index (Phi) is 3.68. The molecule has 0 aromatic heterocycles. The van der Waals surface area contributed by atoms with Crippen molar-refractivity contribution in [1.29, 1.82) is 0 Å². The average Bonchev–Trinajstić information content (AvgIpc) is 2.36. The summed E-state index contributed by atoms with van der Waals surface area (Å²) in [5.74, 6) is -1.68. The Labute approximate surface area is 118 Å². The maximum absolute atomic E-state index is 13.8. The van der Waals surface area contributed by atoms with E-state index in [0.29, 0.717) is 17.7 Å². The van der Waals surface area contributed by atoms with Gasteiger partial charge in [-0.3, -0.25) is 15.1 Å². The molecule has 0 saturated heterocycles. The van der Waals surface area contributed by atoms with Gasteiger partial charge in [-0.2, -0.15) is 0 Å². The van der Waals surface area contributed by atoms with E-state index in [1.165, 1.54) is 11.8 Å². The lowest BCUT2D eigenvalue weighted by atomic mass is 10.1. The third-order valence-electron chi connectivity index (χ3n) is 3.12. The average molecular weight is 301 g/mol. The van der Waals surface area contributed by atoms with E-state index in [1.807, 2.05) is 13.8 Å². The van der Waals surface area contributed by atoms with E-state index >= 15 is 0 Å². The Morgan fingerprint density at radius 2 is 2.15 bits per heavy atom. The number of aliphatic imine (C=N–C) groups is 1. The van der Waals surface area contributed by atoms with E-state index in [9.17, 15) is 18.9 Å². The number of nitro benzene ring substituents is 1. The van der Waals surface area contributed by atoms with Crippen molar-refractivity contribution < 1.29 is 13.7 Å². The van der Waals surface area contributed by atoms with Gasteiger partial charge in [-0.25, -0.2) is 8.78 Å². The van der Waals surface area contributed by atoms with Gasteiger partial charge in [0.05, 0.1) is 21.8 Å². The smallest absolute Gasteiger partial charge is 0.272 e. The maximum atomic E-state index is 13.8. The lowest BCUT2D eigenvalue weighted by Crippen LogP contribution is -2.39. The Balaban J connectivity index is 2.48. The number of hydrogen-bond donors (Lipinski definition) is 1. The molecule has 0 amide bonds. The van der Waals surface area contributed by atoms with E-state index in [4.69, 9.17) is 5.73 Å². The highest BCUT2D eigenvalue weighted by atomic mass is 32.2. The van der Waals surface area contributed by atoms with Crippen LogP contribution in [0.5, 0.6) is 0 Å². The van der Waals surface area contributed by atoms with E-state index in [0.717, 1.165) is 6.07 Å². The van der Waals surface area contributed by atoms with Crippen LogP contribution < -0.4 is 5.73 Å². The molecule has 0 fully saturated rings. The first-order chi connectivity index (χ1) is 9.22. The normalized spacial score (nSPS) is 21.4. The molecule has 1 aliphatic rings. The number of thioether (sulfide) groups is 1. The number of rotatable bonds is 2. The van der Waals surface area contributed by atoms with Crippen molar-refractivity contribution in [1.82, 2.24) is 0 Å². The SMILES string of the molecule is CC1(C)SCC(c2cc([N+](=O)[O-])cc(F)c2F)N=C1N. The molecule has 20 heavy (non-hydrogen) atoms. The first-order valence-electron chi connectivity index (χ1n) is 5.83. The summed E-state index contributed by atoms with van der Waals surface area (Å²) in [7, 11) is 0. The molecule has 0 spiro atoms. The minimum atomic E-state index is -1.25.